The van der Waals surface area contributed by atoms with Gasteiger partial charge in [-0.3, -0.25) is 4.79 Å². The Kier molecular flexibility index (Phi) is 4.30. The minimum atomic E-state index is -0.467. The van der Waals surface area contributed by atoms with Gasteiger partial charge in [-0.25, -0.2) is 4.79 Å². The molecule has 1 aromatic carbocycles. The van der Waals surface area contributed by atoms with Crippen molar-refractivity contribution in [1.82, 2.24) is 5.32 Å². The Morgan fingerprint density at radius 1 is 1.45 bits per heavy atom. The first kappa shape index (κ1) is 14.8. The van der Waals surface area contributed by atoms with E-state index in [0.29, 0.717) is 22.8 Å². The van der Waals surface area contributed by atoms with E-state index < -0.39 is 11.4 Å². The highest BCUT2D eigenvalue weighted by molar-refractivity contribution is 6.34. The summed E-state index contributed by atoms with van der Waals surface area (Å²) >= 11 is 6.06. The lowest BCUT2D eigenvalue weighted by molar-refractivity contribution is -0.123. The third kappa shape index (κ3) is 2.94. The zero-order chi connectivity index (χ0) is 14.8. The van der Waals surface area contributed by atoms with Crippen LogP contribution in [0.15, 0.2) is 18.2 Å². The van der Waals surface area contributed by atoms with Crippen LogP contribution in [0.4, 0.5) is 5.69 Å². The maximum atomic E-state index is 12.3. The molecule has 1 saturated heterocycles. The molecule has 0 spiro atoms. The number of nitrogens with one attached hydrogen (secondary N) is 2. The first-order chi connectivity index (χ1) is 9.46. The zero-order valence-electron chi connectivity index (χ0n) is 11.5. The van der Waals surface area contributed by atoms with Crippen molar-refractivity contribution in [2.75, 3.05) is 25.5 Å². The Balaban J connectivity index is 2.20. The zero-order valence-corrected chi connectivity index (χ0v) is 12.2. The summed E-state index contributed by atoms with van der Waals surface area (Å²) in [6.07, 6.45) is 0.771. The molecule has 6 heteroatoms. The Labute approximate surface area is 122 Å². The maximum absolute atomic E-state index is 12.3. The van der Waals surface area contributed by atoms with Crippen molar-refractivity contribution in [3.05, 3.63) is 28.8 Å². The summed E-state index contributed by atoms with van der Waals surface area (Å²) in [7, 11) is 1.31. The van der Waals surface area contributed by atoms with Crippen molar-refractivity contribution >= 4 is 29.2 Å². The van der Waals surface area contributed by atoms with Gasteiger partial charge >= 0.3 is 5.97 Å². The average Bonchev–Trinajstić information content (AvgIpc) is 2.88. The van der Waals surface area contributed by atoms with E-state index in [4.69, 9.17) is 11.6 Å². The second-order valence-electron chi connectivity index (χ2n) is 5.13. The van der Waals surface area contributed by atoms with Gasteiger partial charge in [0.25, 0.3) is 0 Å². The number of ether oxygens (including phenoxy) is 1. The molecule has 1 aliphatic rings. The minimum absolute atomic E-state index is 0.105. The van der Waals surface area contributed by atoms with Crippen LogP contribution in [0.5, 0.6) is 0 Å². The third-order valence-corrected chi connectivity index (χ3v) is 3.88. The third-order valence-electron chi connectivity index (χ3n) is 3.55. The number of carbonyl (C=O) groups excluding carboxylic acids is 2. The number of anilines is 1. The van der Waals surface area contributed by atoms with Crippen LogP contribution < -0.4 is 10.6 Å². The topological polar surface area (TPSA) is 67.4 Å². The monoisotopic (exact) mass is 296 g/mol. The van der Waals surface area contributed by atoms with E-state index in [2.05, 4.69) is 15.4 Å². The number of benzene rings is 1. The van der Waals surface area contributed by atoms with Crippen LogP contribution in [0.2, 0.25) is 5.02 Å². The van der Waals surface area contributed by atoms with Gasteiger partial charge in [0.2, 0.25) is 5.91 Å². The van der Waals surface area contributed by atoms with E-state index in [0.717, 1.165) is 13.0 Å². The van der Waals surface area contributed by atoms with E-state index in [1.807, 2.05) is 6.92 Å². The molecule has 1 aliphatic heterocycles. The van der Waals surface area contributed by atoms with E-state index in [-0.39, 0.29) is 5.91 Å². The quantitative estimate of drug-likeness (QED) is 0.838. The number of amides is 1. The molecule has 0 aromatic heterocycles. The largest absolute Gasteiger partial charge is 0.465 e. The highest BCUT2D eigenvalue weighted by atomic mass is 35.5. The molecule has 0 bridgehead atoms. The van der Waals surface area contributed by atoms with Crippen LogP contribution in [0, 0.1) is 5.41 Å². The minimum Gasteiger partial charge on any atom is -0.465 e. The van der Waals surface area contributed by atoms with Crippen molar-refractivity contribution in [1.29, 1.82) is 0 Å². The molecule has 108 valence electrons. The summed E-state index contributed by atoms with van der Waals surface area (Å²) < 4.78 is 4.65. The Morgan fingerprint density at radius 3 is 2.80 bits per heavy atom. The Hall–Kier alpha value is -1.59. The predicted octanol–water partition coefficient (Wildman–Crippen LogP) is 2.06. The van der Waals surface area contributed by atoms with Gasteiger partial charge in [0.1, 0.15) is 0 Å². The molecule has 0 radical (unpaired) electrons. The number of esters is 1. The normalized spacial score (nSPS) is 21.6. The van der Waals surface area contributed by atoms with Crippen LogP contribution in [0.3, 0.4) is 0 Å². The van der Waals surface area contributed by atoms with Crippen LogP contribution in [0.1, 0.15) is 23.7 Å². The van der Waals surface area contributed by atoms with Gasteiger partial charge in [-0.05, 0) is 38.1 Å². The molecule has 1 atom stereocenters. The molecule has 1 unspecified atom stereocenters. The highest BCUT2D eigenvalue weighted by Crippen LogP contribution is 2.29. The number of hydrogen-bond donors (Lipinski definition) is 2. The standard InChI is InChI=1S/C14H17ClN2O3/c1-14(5-6-16-8-14)13(19)17-11-7-9(12(18)20-2)3-4-10(11)15/h3-4,7,16H,5-6,8H2,1-2H3,(H,17,19). The second kappa shape index (κ2) is 5.81. The van der Waals surface area contributed by atoms with E-state index >= 15 is 0 Å². The molecule has 0 saturated carbocycles. The lowest BCUT2D eigenvalue weighted by Gasteiger charge is -2.22. The molecule has 1 aromatic rings. The van der Waals surface area contributed by atoms with Crippen LogP contribution in [-0.2, 0) is 9.53 Å². The fraction of sp³-hybridized carbons (Fsp3) is 0.429. The molecular formula is C14H17ClN2O3. The number of carbonyl (C=O) groups is 2. The lowest BCUT2D eigenvalue weighted by Crippen LogP contribution is -2.35. The second-order valence-corrected chi connectivity index (χ2v) is 5.53. The SMILES string of the molecule is COC(=O)c1ccc(Cl)c(NC(=O)C2(C)CCNC2)c1. The number of rotatable bonds is 3. The maximum Gasteiger partial charge on any atom is 0.337 e. The number of methoxy groups -OCH3 is 1. The van der Waals surface area contributed by atoms with Crippen LogP contribution in [0.25, 0.3) is 0 Å². The van der Waals surface area contributed by atoms with Crippen molar-refractivity contribution in [2.24, 2.45) is 5.41 Å². The first-order valence-electron chi connectivity index (χ1n) is 6.36. The number of halogens is 1. The molecule has 5 nitrogen and oxygen atoms in total. The summed E-state index contributed by atoms with van der Waals surface area (Å²) in [6, 6.07) is 4.65. The van der Waals surface area contributed by atoms with E-state index in [1.165, 1.54) is 13.2 Å². The van der Waals surface area contributed by atoms with Crippen LogP contribution >= 0.6 is 11.6 Å². The van der Waals surface area contributed by atoms with Gasteiger partial charge in [0.05, 0.1) is 28.8 Å². The van der Waals surface area contributed by atoms with Gasteiger partial charge in [0.15, 0.2) is 0 Å². The van der Waals surface area contributed by atoms with E-state index in [9.17, 15) is 9.59 Å². The number of hydrogen-bond acceptors (Lipinski definition) is 4. The molecule has 2 N–H and O–H groups in total. The molecular weight excluding hydrogens is 280 g/mol. The van der Waals surface area contributed by atoms with Crippen molar-refractivity contribution < 1.29 is 14.3 Å². The molecule has 1 amide bonds. The fourth-order valence-electron chi connectivity index (χ4n) is 2.15. The average molecular weight is 297 g/mol. The molecule has 0 aliphatic carbocycles. The Bertz CT molecular complexity index is 539. The van der Waals surface area contributed by atoms with Gasteiger partial charge in [-0.1, -0.05) is 11.6 Å². The van der Waals surface area contributed by atoms with Crippen molar-refractivity contribution in [3.63, 3.8) is 0 Å². The Morgan fingerprint density at radius 2 is 2.20 bits per heavy atom. The molecule has 1 fully saturated rings. The molecule has 20 heavy (non-hydrogen) atoms. The van der Waals surface area contributed by atoms with Crippen LogP contribution in [-0.4, -0.2) is 32.1 Å². The van der Waals surface area contributed by atoms with Crippen molar-refractivity contribution in [2.45, 2.75) is 13.3 Å². The summed E-state index contributed by atoms with van der Waals surface area (Å²) in [6.45, 7) is 3.35. The smallest absolute Gasteiger partial charge is 0.337 e. The van der Waals surface area contributed by atoms with Gasteiger partial charge in [-0.15, -0.1) is 0 Å². The fourth-order valence-corrected chi connectivity index (χ4v) is 2.31. The summed E-state index contributed by atoms with van der Waals surface area (Å²) in [4.78, 5) is 23.8. The van der Waals surface area contributed by atoms with Gasteiger partial charge < -0.3 is 15.4 Å². The van der Waals surface area contributed by atoms with E-state index in [1.54, 1.807) is 12.1 Å². The lowest BCUT2D eigenvalue weighted by atomic mass is 9.88. The highest BCUT2D eigenvalue weighted by Gasteiger charge is 2.36. The summed E-state index contributed by atoms with van der Waals surface area (Å²) in [5, 5.41) is 6.35. The van der Waals surface area contributed by atoms with Gasteiger partial charge in [0, 0.05) is 6.54 Å². The summed E-state index contributed by atoms with van der Waals surface area (Å²) in [5.41, 5.74) is 0.319. The summed E-state index contributed by atoms with van der Waals surface area (Å²) in [5.74, 6) is -0.572. The molecule has 1 heterocycles. The molecule has 2 rings (SSSR count). The predicted molar refractivity (Wildman–Crippen MR) is 77.0 cm³/mol. The first-order valence-corrected chi connectivity index (χ1v) is 6.74. The van der Waals surface area contributed by atoms with Gasteiger partial charge in [-0.2, -0.15) is 0 Å². The van der Waals surface area contributed by atoms with Crippen molar-refractivity contribution in [3.8, 4) is 0 Å².